The third-order valence-corrected chi connectivity index (χ3v) is 2.12. The van der Waals surface area contributed by atoms with Crippen LogP contribution in [0.15, 0.2) is 11.7 Å². The highest BCUT2D eigenvalue weighted by Crippen LogP contribution is 2.31. The highest BCUT2D eigenvalue weighted by molar-refractivity contribution is 7.09. The van der Waals surface area contributed by atoms with Crippen LogP contribution in [-0.4, -0.2) is 17.6 Å². The Morgan fingerprint density at radius 2 is 2.46 bits per heavy atom. The Morgan fingerprint density at radius 3 is 2.92 bits per heavy atom. The Kier molecular flexibility index (Phi) is 2.92. The summed E-state index contributed by atoms with van der Waals surface area (Å²) in [5.41, 5.74) is 1.24. The van der Waals surface area contributed by atoms with Crippen LogP contribution in [0.25, 0.3) is 0 Å². The summed E-state index contributed by atoms with van der Waals surface area (Å²) < 4.78 is 30.4. The number of ether oxygens (including phenoxy) is 1. The van der Waals surface area contributed by atoms with E-state index >= 15 is 0 Å². The smallest absolute Gasteiger partial charge is 0.382 e. The lowest BCUT2D eigenvalue weighted by Gasteiger charge is -2.11. The highest BCUT2D eigenvalue weighted by atomic mass is 32.1. The van der Waals surface area contributed by atoms with Crippen LogP contribution >= 0.6 is 11.3 Å². The van der Waals surface area contributed by atoms with Crippen LogP contribution in [0.5, 0.6) is 0 Å². The molecule has 0 fully saturated rings. The standard InChI is InChI=1S/C7H7F2NO2S/c1-2-12-6(11)7(8,9)5-3-10-4-13-5/h3-4H,2H2,1H3. The van der Waals surface area contributed by atoms with Crippen molar-refractivity contribution in [2.24, 2.45) is 0 Å². The fourth-order valence-electron chi connectivity index (χ4n) is 0.693. The molecule has 0 aliphatic rings. The Hall–Kier alpha value is -1.04. The average molecular weight is 207 g/mol. The zero-order valence-electron chi connectivity index (χ0n) is 6.79. The van der Waals surface area contributed by atoms with Gasteiger partial charge in [-0.15, -0.1) is 11.3 Å². The minimum atomic E-state index is -3.57. The van der Waals surface area contributed by atoms with E-state index < -0.39 is 16.8 Å². The summed E-state index contributed by atoms with van der Waals surface area (Å²) in [5, 5.41) is 0. The SMILES string of the molecule is CCOC(=O)C(F)(F)c1cncs1. The van der Waals surface area contributed by atoms with Gasteiger partial charge in [-0.3, -0.25) is 4.98 Å². The van der Waals surface area contributed by atoms with Crippen molar-refractivity contribution in [3.05, 3.63) is 16.6 Å². The van der Waals surface area contributed by atoms with Crippen molar-refractivity contribution in [2.45, 2.75) is 12.8 Å². The van der Waals surface area contributed by atoms with Crippen LogP contribution in [0, 0.1) is 0 Å². The number of rotatable bonds is 3. The van der Waals surface area contributed by atoms with Crippen molar-refractivity contribution in [3.63, 3.8) is 0 Å². The van der Waals surface area contributed by atoms with Crippen molar-refractivity contribution in [2.75, 3.05) is 6.61 Å². The second-order valence-corrected chi connectivity index (χ2v) is 3.05. The highest BCUT2D eigenvalue weighted by Gasteiger charge is 2.44. The summed E-state index contributed by atoms with van der Waals surface area (Å²) in [6.45, 7) is 1.41. The zero-order chi connectivity index (χ0) is 9.90. The zero-order valence-corrected chi connectivity index (χ0v) is 7.61. The molecule has 0 saturated carbocycles. The first-order valence-corrected chi connectivity index (χ1v) is 4.41. The second-order valence-electron chi connectivity index (χ2n) is 2.16. The van der Waals surface area contributed by atoms with Gasteiger partial charge in [-0.05, 0) is 6.92 Å². The van der Waals surface area contributed by atoms with Crippen LogP contribution in [0.3, 0.4) is 0 Å². The molecule has 0 aliphatic carbocycles. The third-order valence-electron chi connectivity index (χ3n) is 1.27. The van der Waals surface area contributed by atoms with Gasteiger partial charge >= 0.3 is 11.9 Å². The van der Waals surface area contributed by atoms with Gasteiger partial charge in [0, 0.05) is 6.20 Å². The normalized spacial score (nSPS) is 11.3. The Bertz CT molecular complexity index is 287. The van der Waals surface area contributed by atoms with Crippen molar-refractivity contribution in [3.8, 4) is 0 Å². The topological polar surface area (TPSA) is 39.2 Å². The number of alkyl halides is 2. The van der Waals surface area contributed by atoms with Crippen molar-refractivity contribution in [1.82, 2.24) is 4.98 Å². The van der Waals surface area contributed by atoms with E-state index in [1.807, 2.05) is 0 Å². The van der Waals surface area contributed by atoms with E-state index in [4.69, 9.17) is 0 Å². The van der Waals surface area contributed by atoms with Crippen molar-refractivity contribution >= 4 is 17.3 Å². The first-order chi connectivity index (χ1) is 6.09. The Labute approximate surface area is 77.4 Å². The minimum absolute atomic E-state index is 0.0623. The van der Waals surface area contributed by atoms with E-state index in [0.29, 0.717) is 0 Å². The van der Waals surface area contributed by atoms with Gasteiger partial charge in [0.25, 0.3) is 0 Å². The fourth-order valence-corrected chi connectivity index (χ4v) is 1.28. The van der Waals surface area contributed by atoms with E-state index in [1.165, 1.54) is 12.4 Å². The number of carbonyl (C=O) groups is 1. The number of thiazole rings is 1. The van der Waals surface area contributed by atoms with Gasteiger partial charge in [-0.1, -0.05) is 0 Å². The molecule has 0 aliphatic heterocycles. The van der Waals surface area contributed by atoms with E-state index in [-0.39, 0.29) is 6.61 Å². The van der Waals surface area contributed by atoms with E-state index in [2.05, 4.69) is 9.72 Å². The number of hydrogen-bond acceptors (Lipinski definition) is 4. The molecule has 13 heavy (non-hydrogen) atoms. The summed E-state index contributed by atoms with van der Waals surface area (Å²) in [7, 11) is 0. The molecule has 3 nitrogen and oxygen atoms in total. The van der Waals surface area contributed by atoms with Gasteiger partial charge in [-0.2, -0.15) is 8.78 Å². The molecule has 0 amide bonds. The lowest BCUT2D eigenvalue weighted by Crippen LogP contribution is -2.27. The van der Waals surface area contributed by atoms with Crippen molar-refractivity contribution in [1.29, 1.82) is 0 Å². The first-order valence-electron chi connectivity index (χ1n) is 3.53. The maximum absolute atomic E-state index is 13.1. The van der Waals surface area contributed by atoms with E-state index in [9.17, 15) is 13.6 Å². The lowest BCUT2D eigenvalue weighted by atomic mass is 10.3. The summed E-state index contributed by atoms with van der Waals surface area (Å²) in [6, 6.07) is 0. The molecule has 1 heterocycles. The largest absolute Gasteiger partial charge is 0.461 e. The molecule has 1 aromatic heterocycles. The van der Waals surface area contributed by atoms with Gasteiger partial charge < -0.3 is 4.74 Å². The molecule has 0 bridgehead atoms. The monoisotopic (exact) mass is 207 g/mol. The van der Waals surface area contributed by atoms with E-state index in [1.54, 1.807) is 0 Å². The molecular formula is C7H7F2NO2S. The number of carbonyl (C=O) groups excluding carboxylic acids is 1. The van der Waals surface area contributed by atoms with E-state index in [0.717, 1.165) is 17.5 Å². The maximum atomic E-state index is 13.1. The summed E-state index contributed by atoms with van der Waals surface area (Å²) in [5.74, 6) is -5.10. The number of esters is 1. The molecule has 0 aromatic carbocycles. The number of nitrogens with zero attached hydrogens (tertiary/aromatic N) is 1. The van der Waals surface area contributed by atoms with Crippen LogP contribution in [-0.2, 0) is 15.5 Å². The average Bonchev–Trinajstić information content (AvgIpc) is 2.56. The fraction of sp³-hybridized carbons (Fsp3) is 0.429. The van der Waals surface area contributed by atoms with Crippen LogP contribution in [0.1, 0.15) is 11.8 Å². The molecule has 0 unspecified atom stereocenters. The Morgan fingerprint density at radius 1 is 1.77 bits per heavy atom. The van der Waals surface area contributed by atoms with Gasteiger partial charge in [0.05, 0.1) is 12.1 Å². The number of hydrogen-bond donors (Lipinski definition) is 0. The summed E-state index contributed by atoms with van der Waals surface area (Å²) in [4.78, 5) is 13.8. The predicted molar refractivity (Wildman–Crippen MR) is 42.6 cm³/mol. The van der Waals surface area contributed by atoms with Crippen LogP contribution < -0.4 is 0 Å². The molecule has 6 heteroatoms. The van der Waals surface area contributed by atoms with Gasteiger partial charge in [0.15, 0.2) is 0 Å². The molecule has 0 spiro atoms. The Balaban J connectivity index is 2.82. The number of halogens is 2. The van der Waals surface area contributed by atoms with Gasteiger partial charge in [0.2, 0.25) is 0 Å². The molecule has 1 rings (SSSR count). The molecule has 0 radical (unpaired) electrons. The minimum Gasteiger partial charge on any atom is -0.461 e. The second kappa shape index (κ2) is 3.78. The molecule has 0 atom stereocenters. The molecular weight excluding hydrogens is 200 g/mol. The lowest BCUT2D eigenvalue weighted by molar-refractivity contribution is -0.172. The maximum Gasteiger partial charge on any atom is 0.382 e. The first kappa shape index (κ1) is 10.0. The number of aromatic nitrogens is 1. The summed E-state index contributed by atoms with van der Waals surface area (Å²) >= 11 is 0.722. The predicted octanol–water partition coefficient (Wildman–Crippen LogP) is 1.80. The van der Waals surface area contributed by atoms with Gasteiger partial charge in [-0.25, -0.2) is 4.79 Å². The van der Waals surface area contributed by atoms with Crippen LogP contribution in [0.2, 0.25) is 0 Å². The molecule has 72 valence electrons. The van der Waals surface area contributed by atoms with Gasteiger partial charge in [0.1, 0.15) is 4.88 Å². The van der Waals surface area contributed by atoms with Crippen LogP contribution in [0.4, 0.5) is 8.78 Å². The molecule has 0 N–H and O–H groups in total. The quantitative estimate of drug-likeness (QED) is 0.709. The molecule has 1 aromatic rings. The van der Waals surface area contributed by atoms with Crippen molar-refractivity contribution < 1.29 is 18.3 Å². The summed E-state index contributed by atoms with van der Waals surface area (Å²) in [6.07, 6.45) is 0.960. The third kappa shape index (κ3) is 2.00. The molecule has 0 saturated heterocycles.